The smallest absolute Gasteiger partial charge is 0.247 e. The van der Waals surface area contributed by atoms with E-state index in [-0.39, 0.29) is 41.5 Å². The molecule has 0 N–H and O–H groups in total. The van der Waals surface area contributed by atoms with E-state index in [1.54, 1.807) is 17.8 Å². The Morgan fingerprint density at radius 1 is 0.824 bits per heavy atom. The molecule has 2 fully saturated rings. The van der Waals surface area contributed by atoms with Gasteiger partial charge in [0, 0.05) is 29.5 Å². The maximum Gasteiger partial charge on any atom is 0.247 e. The highest BCUT2D eigenvalue weighted by Gasteiger charge is 2.56. The average Bonchev–Trinajstić information content (AvgIpc) is 3.09. The normalized spacial score (nSPS) is 28.5. The van der Waals surface area contributed by atoms with Gasteiger partial charge in [0.05, 0.1) is 17.5 Å². The second-order valence-corrected chi connectivity index (χ2v) is 10.9. The van der Waals surface area contributed by atoms with Gasteiger partial charge in [-0.2, -0.15) is 0 Å². The fourth-order valence-electron chi connectivity index (χ4n) is 6.19. The van der Waals surface area contributed by atoms with Crippen LogP contribution in [0.15, 0.2) is 87.7 Å². The Hall–Kier alpha value is -3.12. The third-order valence-corrected chi connectivity index (χ3v) is 8.79. The molecule has 34 heavy (non-hydrogen) atoms. The predicted octanol–water partition coefficient (Wildman–Crippen LogP) is 4.81. The van der Waals surface area contributed by atoms with Gasteiger partial charge in [-0.05, 0) is 55.4 Å². The van der Waals surface area contributed by atoms with Crippen LogP contribution in [-0.2, 0) is 14.4 Å². The molecule has 172 valence electrons. The zero-order valence-corrected chi connectivity index (χ0v) is 19.8. The van der Waals surface area contributed by atoms with E-state index in [0.29, 0.717) is 18.7 Å². The van der Waals surface area contributed by atoms with Crippen LogP contribution in [0.2, 0.25) is 0 Å². The molecule has 3 amide bonds. The second kappa shape index (κ2) is 8.27. The van der Waals surface area contributed by atoms with Crippen molar-refractivity contribution in [2.75, 3.05) is 11.4 Å². The van der Waals surface area contributed by atoms with Gasteiger partial charge in [0.1, 0.15) is 0 Å². The molecule has 4 atom stereocenters. The minimum atomic E-state index is -0.385. The molecule has 0 bridgehead atoms. The number of allylic oxidation sites excluding steroid dienone is 1. The first kappa shape index (κ1) is 21.4. The van der Waals surface area contributed by atoms with Crippen molar-refractivity contribution in [2.24, 2.45) is 17.8 Å². The summed E-state index contributed by atoms with van der Waals surface area (Å²) in [5.41, 5.74) is 3.15. The van der Waals surface area contributed by atoms with Gasteiger partial charge in [0.25, 0.3) is 0 Å². The van der Waals surface area contributed by atoms with Crippen molar-refractivity contribution in [1.29, 1.82) is 0 Å². The lowest BCUT2D eigenvalue weighted by molar-refractivity contribution is -0.133. The number of carbonyl (C=O) groups is 3. The van der Waals surface area contributed by atoms with Crippen LogP contribution in [0, 0.1) is 17.8 Å². The van der Waals surface area contributed by atoms with Gasteiger partial charge < -0.3 is 4.90 Å². The zero-order chi connectivity index (χ0) is 23.4. The highest BCUT2D eigenvalue weighted by molar-refractivity contribution is 8.03. The number of thioether (sulfide) groups is 1. The molecule has 5 nitrogen and oxygen atoms in total. The zero-order valence-electron chi connectivity index (χ0n) is 19.0. The van der Waals surface area contributed by atoms with Gasteiger partial charge in [-0.1, -0.05) is 59.3 Å². The fraction of sp³-hybridized carbons (Fsp3) is 0.321. The SMILES string of the molecule is CC1=C2C[C@@H]3CC(Sc4ccccc4)=CC(=O)N3C[C@@H]2[C@@H]2C(=O)N(c3ccccc3)C(=O)[C@@H]2C1. The maximum absolute atomic E-state index is 13.6. The van der Waals surface area contributed by atoms with Crippen LogP contribution < -0.4 is 4.90 Å². The Morgan fingerprint density at radius 3 is 2.26 bits per heavy atom. The van der Waals surface area contributed by atoms with Crippen LogP contribution in [0.4, 0.5) is 5.69 Å². The van der Waals surface area contributed by atoms with E-state index in [1.165, 1.54) is 16.0 Å². The van der Waals surface area contributed by atoms with E-state index in [4.69, 9.17) is 0 Å². The number of anilines is 1. The molecule has 6 rings (SSSR count). The Kier molecular flexibility index (Phi) is 5.21. The number of para-hydroxylation sites is 1. The maximum atomic E-state index is 13.6. The van der Waals surface area contributed by atoms with Crippen molar-refractivity contribution >= 4 is 35.2 Å². The van der Waals surface area contributed by atoms with Crippen LogP contribution in [0.3, 0.4) is 0 Å². The molecule has 3 heterocycles. The van der Waals surface area contributed by atoms with Crippen molar-refractivity contribution in [3.8, 4) is 0 Å². The summed E-state index contributed by atoms with van der Waals surface area (Å²) in [6.07, 6.45) is 4.00. The summed E-state index contributed by atoms with van der Waals surface area (Å²) in [7, 11) is 0. The van der Waals surface area contributed by atoms with Crippen molar-refractivity contribution in [3.05, 3.63) is 82.8 Å². The molecule has 2 saturated heterocycles. The highest BCUT2D eigenvalue weighted by atomic mass is 32.2. The van der Waals surface area contributed by atoms with Gasteiger partial charge in [0.15, 0.2) is 0 Å². The number of hydrogen-bond donors (Lipinski definition) is 0. The fourth-order valence-corrected chi connectivity index (χ4v) is 7.22. The van der Waals surface area contributed by atoms with Crippen molar-refractivity contribution in [3.63, 3.8) is 0 Å². The average molecular weight is 471 g/mol. The molecule has 6 heteroatoms. The molecule has 3 aliphatic heterocycles. The highest BCUT2D eigenvalue weighted by Crippen LogP contribution is 2.50. The van der Waals surface area contributed by atoms with Crippen LogP contribution in [-0.4, -0.2) is 35.2 Å². The van der Waals surface area contributed by atoms with Crippen LogP contribution >= 0.6 is 11.8 Å². The number of amides is 3. The van der Waals surface area contributed by atoms with Crippen molar-refractivity contribution in [1.82, 2.24) is 4.90 Å². The molecule has 1 aliphatic carbocycles. The standard InChI is InChI=1S/C28H26N2O3S/c1-17-12-23-26(28(33)30(27(23)32)18-8-4-2-5-9-18)24-16-29-19(14-22(17)24)13-21(15-25(29)31)34-20-10-6-3-7-11-20/h2-11,15,19,23-24,26H,12-14,16H2,1H3/t19-,23+,24-,26+/m0/s1. The molecular formula is C28H26N2O3S. The summed E-state index contributed by atoms with van der Waals surface area (Å²) < 4.78 is 0. The molecule has 0 aromatic heterocycles. The molecule has 0 spiro atoms. The Bertz CT molecular complexity index is 1240. The van der Waals surface area contributed by atoms with Crippen LogP contribution in [0.25, 0.3) is 0 Å². The first-order chi connectivity index (χ1) is 16.5. The topological polar surface area (TPSA) is 57.7 Å². The van der Waals surface area contributed by atoms with E-state index in [1.807, 2.05) is 53.4 Å². The van der Waals surface area contributed by atoms with Crippen molar-refractivity contribution in [2.45, 2.75) is 37.1 Å². The molecule has 2 aromatic rings. The summed E-state index contributed by atoms with van der Waals surface area (Å²) in [5, 5.41) is 0. The number of hydrogen-bond acceptors (Lipinski definition) is 4. The van der Waals surface area contributed by atoms with Gasteiger partial charge in [-0.25, -0.2) is 0 Å². The Labute approximate surface area is 203 Å². The molecule has 0 saturated carbocycles. The minimum absolute atomic E-state index is 0.0187. The van der Waals surface area contributed by atoms with Crippen LogP contribution in [0.1, 0.15) is 26.2 Å². The first-order valence-electron chi connectivity index (χ1n) is 11.9. The number of rotatable bonds is 3. The third kappa shape index (κ3) is 3.43. The number of piperidine rings is 1. The van der Waals surface area contributed by atoms with Gasteiger partial charge >= 0.3 is 0 Å². The number of carbonyl (C=O) groups excluding carboxylic acids is 3. The third-order valence-electron chi connectivity index (χ3n) is 7.73. The van der Waals surface area contributed by atoms with E-state index in [2.05, 4.69) is 19.1 Å². The summed E-state index contributed by atoms with van der Waals surface area (Å²) in [5.74, 6) is -1.00. The first-order valence-corrected chi connectivity index (χ1v) is 12.7. The summed E-state index contributed by atoms with van der Waals surface area (Å²) >= 11 is 1.66. The predicted molar refractivity (Wildman–Crippen MR) is 132 cm³/mol. The lowest BCUT2D eigenvalue weighted by Crippen LogP contribution is -2.53. The molecule has 2 aromatic carbocycles. The van der Waals surface area contributed by atoms with E-state index < -0.39 is 0 Å². The number of imide groups is 1. The molecule has 0 radical (unpaired) electrons. The van der Waals surface area contributed by atoms with E-state index in [0.717, 1.165) is 22.6 Å². The number of nitrogens with zero attached hydrogens (tertiary/aromatic N) is 2. The van der Waals surface area contributed by atoms with E-state index in [9.17, 15) is 14.4 Å². The van der Waals surface area contributed by atoms with Crippen molar-refractivity contribution < 1.29 is 14.4 Å². The quantitative estimate of drug-likeness (QED) is 0.477. The number of benzene rings is 2. The lowest BCUT2D eigenvalue weighted by atomic mass is 9.66. The Balaban J connectivity index is 1.28. The minimum Gasteiger partial charge on any atom is -0.335 e. The van der Waals surface area contributed by atoms with Gasteiger partial charge in [-0.15, -0.1) is 0 Å². The molecule has 4 aliphatic rings. The second-order valence-electron chi connectivity index (χ2n) is 9.67. The summed E-state index contributed by atoms with van der Waals surface area (Å²) in [4.78, 5) is 45.6. The van der Waals surface area contributed by atoms with Gasteiger partial charge in [0.2, 0.25) is 17.7 Å². The van der Waals surface area contributed by atoms with Crippen LogP contribution in [0.5, 0.6) is 0 Å². The Morgan fingerprint density at radius 2 is 1.53 bits per heavy atom. The molecular weight excluding hydrogens is 444 g/mol. The summed E-state index contributed by atoms with van der Waals surface area (Å²) in [6, 6.07) is 19.5. The monoisotopic (exact) mass is 470 g/mol. The van der Waals surface area contributed by atoms with E-state index >= 15 is 0 Å². The lowest BCUT2D eigenvalue weighted by Gasteiger charge is -2.47. The number of fused-ring (bicyclic) bond motifs is 4. The largest absolute Gasteiger partial charge is 0.335 e. The summed E-state index contributed by atoms with van der Waals surface area (Å²) in [6.45, 7) is 2.62. The van der Waals surface area contributed by atoms with Gasteiger partial charge in [-0.3, -0.25) is 19.3 Å². The molecule has 0 unspecified atom stereocenters.